The zero-order valence-corrected chi connectivity index (χ0v) is 11.9. The number of thioether (sulfide) groups is 1. The monoisotopic (exact) mass is 249 g/mol. The summed E-state index contributed by atoms with van der Waals surface area (Å²) in [6.07, 6.45) is 2.55. The molecule has 1 aliphatic rings. The molecule has 2 unspecified atom stereocenters. The highest BCUT2D eigenvalue weighted by Gasteiger charge is 2.30. The lowest BCUT2D eigenvalue weighted by Gasteiger charge is -2.31. The first kappa shape index (κ1) is 13.0. The van der Waals surface area contributed by atoms with E-state index in [1.54, 1.807) is 5.56 Å². The zero-order valence-electron chi connectivity index (χ0n) is 11.1. The van der Waals surface area contributed by atoms with Crippen LogP contribution in [-0.4, -0.2) is 19.3 Å². The number of benzene rings is 1. The Morgan fingerprint density at radius 3 is 2.88 bits per heavy atom. The highest BCUT2D eigenvalue weighted by molar-refractivity contribution is 7.99. The molecule has 0 bridgehead atoms. The molecule has 0 saturated carbocycles. The summed E-state index contributed by atoms with van der Waals surface area (Å²) in [5, 5.41) is 3.35. The summed E-state index contributed by atoms with van der Waals surface area (Å²) in [5.74, 6) is 2.01. The molecular weight excluding hydrogens is 226 g/mol. The zero-order chi connectivity index (χ0) is 12.3. The normalized spacial score (nSPS) is 22.2. The average molecular weight is 249 g/mol. The molecular formula is C15H23NS. The minimum absolute atomic E-state index is 0.428. The maximum Gasteiger partial charge on any atom is 0.0107 e. The maximum absolute atomic E-state index is 3.35. The summed E-state index contributed by atoms with van der Waals surface area (Å²) < 4.78 is 0. The number of fused-ring (bicyclic) bond motifs is 1. The van der Waals surface area contributed by atoms with Crippen molar-refractivity contribution >= 4 is 11.8 Å². The van der Waals surface area contributed by atoms with Crippen molar-refractivity contribution in [3.8, 4) is 0 Å². The first-order chi connectivity index (χ1) is 8.18. The molecule has 0 aromatic heterocycles. The Morgan fingerprint density at radius 2 is 2.18 bits per heavy atom. The van der Waals surface area contributed by atoms with E-state index in [9.17, 15) is 0 Å². The molecule has 1 N–H and O–H groups in total. The average Bonchev–Trinajstić information content (AvgIpc) is 2.73. The fourth-order valence-corrected chi connectivity index (χ4v) is 4.02. The standard InChI is InChI=1S/C15H23NS/c1-4-15(2,11-16-3)9-12-10-17-14-8-6-5-7-13(12)14/h5-8,12,16H,4,9-11H2,1-3H3. The van der Waals surface area contributed by atoms with Crippen molar-refractivity contribution < 1.29 is 0 Å². The van der Waals surface area contributed by atoms with Gasteiger partial charge in [-0.15, -0.1) is 11.8 Å². The summed E-state index contributed by atoms with van der Waals surface area (Å²) in [6.45, 7) is 5.84. The van der Waals surface area contributed by atoms with Gasteiger partial charge in [-0.25, -0.2) is 0 Å². The number of nitrogens with one attached hydrogen (secondary N) is 1. The van der Waals surface area contributed by atoms with Crippen molar-refractivity contribution in [2.45, 2.75) is 37.5 Å². The second-order valence-corrected chi connectivity index (χ2v) is 6.51. The topological polar surface area (TPSA) is 12.0 Å². The summed E-state index contributed by atoms with van der Waals surface area (Å²) in [5.41, 5.74) is 2.01. The van der Waals surface area contributed by atoms with E-state index in [0.29, 0.717) is 5.41 Å². The molecule has 1 aromatic carbocycles. The molecule has 94 valence electrons. The van der Waals surface area contributed by atoms with Gasteiger partial charge in [0.2, 0.25) is 0 Å². The quantitative estimate of drug-likeness (QED) is 0.849. The van der Waals surface area contributed by atoms with Crippen LogP contribution >= 0.6 is 11.8 Å². The predicted octanol–water partition coefficient (Wildman–Crippen LogP) is 3.90. The van der Waals surface area contributed by atoms with Crippen LogP contribution < -0.4 is 5.32 Å². The Balaban J connectivity index is 2.10. The van der Waals surface area contributed by atoms with Gasteiger partial charge in [0.15, 0.2) is 0 Å². The summed E-state index contributed by atoms with van der Waals surface area (Å²) in [7, 11) is 2.06. The van der Waals surface area contributed by atoms with Crippen LogP contribution in [0.15, 0.2) is 29.2 Å². The lowest BCUT2D eigenvalue weighted by atomic mass is 9.77. The third kappa shape index (κ3) is 2.86. The second kappa shape index (κ2) is 5.45. The molecule has 17 heavy (non-hydrogen) atoms. The minimum atomic E-state index is 0.428. The third-order valence-corrected chi connectivity index (χ3v) is 5.25. The molecule has 0 spiro atoms. The van der Waals surface area contributed by atoms with Crippen LogP contribution in [0.1, 0.15) is 38.2 Å². The Labute approximate surface area is 109 Å². The van der Waals surface area contributed by atoms with Gasteiger partial charge in [0.05, 0.1) is 0 Å². The van der Waals surface area contributed by atoms with E-state index in [4.69, 9.17) is 0 Å². The van der Waals surface area contributed by atoms with Crippen LogP contribution in [0.3, 0.4) is 0 Å². The van der Waals surface area contributed by atoms with Crippen LogP contribution in [-0.2, 0) is 0 Å². The SMILES string of the molecule is CCC(C)(CNC)CC1CSc2ccccc21. The number of rotatable bonds is 5. The van der Waals surface area contributed by atoms with E-state index in [1.165, 1.54) is 23.5 Å². The van der Waals surface area contributed by atoms with E-state index >= 15 is 0 Å². The number of hydrogen-bond acceptors (Lipinski definition) is 2. The van der Waals surface area contributed by atoms with Gasteiger partial charge < -0.3 is 5.32 Å². The number of hydrogen-bond donors (Lipinski definition) is 1. The van der Waals surface area contributed by atoms with Crippen LogP contribution in [0.5, 0.6) is 0 Å². The fourth-order valence-electron chi connectivity index (χ4n) is 2.76. The van der Waals surface area contributed by atoms with Gasteiger partial charge in [0.1, 0.15) is 0 Å². The smallest absolute Gasteiger partial charge is 0.0107 e. The van der Waals surface area contributed by atoms with E-state index in [2.05, 4.69) is 50.5 Å². The molecule has 1 heterocycles. The molecule has 0 aliphatic carbocycles. The summed E-state index contributed by atoms with van der Waals surface area (Å²) in [4.78, 5) is 1.50. The van der Waals surface area contributed by atoms with Crippen molar-refractivity contribution in [3.63, 3.8) is 0 Å². The Hall–Kier alpha value is -0.470. The van der Waals surface area contributed by atoms with Gasteiger partial charge in [-0.05, 0) is 42.9 Å². The fraction of sp³-hybridized carbons (Fsp3) is 0.600. The van der Waals surface area contributed by atoms with E-state index in [1.807, 2.05) is 11.8 Å². The predicted molar refractivity (Wildman–Crippen MR) is 76.8 cm³/mol. The molecule has 1 nitrogen and oxygen atoms in total. The molecule has 1 aromatic rings. The Kier molecular flexibility index (Phi) is 4.16. The maximum atomic E-state index is 3.35. The molecule has 2 rings (SSSR count). The molecule has 1 aliphatic heterocycles. The Bertz CT molecular complexity index is 377. The summed E-state index contributed by atoms with van der Waals surface area (Å²) in [6, 6.07) is 8.91. The van der Waals surface area contributed by atoms with Gasteiger partial charge in [-0.3, -0.25) is 0 Å². The molecule has 0 radical (unpaired) electrons. The first-order valence-corrected chi connectivity index (χ1v) is 7.53. The lowest BCUT2D eigenvalue weighted by Crippen LogP contribution is -2.30. The largest absolute Gasteiger partial charge is 0.319 e. The van der Waals surface area contributed by atoms with E-state index < -0.39 is 0 Å². The van der Waals surface area contributed by atoms with Crippen LogP contribution in [0.25, 0.3) is 0 Å². The van der Waals surface area contributed by atoms with Gasteiger partial charge in [-0.2, -0.15) is 0 Å². The highest BCUT2D eigenvalue weighted by Crippen LogP contribution is 2.45. The minimum Gasteiger partial charge on any atom is -0.319 e. The molecule has 0 amide bonds. The van der Waals surface area contributed by atoms with Crippen molar-refractivity contribution in [1.82, 2.24) is 5.32 Å². The lowest BCUT2D eigenvalue weighted by molar-refractivity contribution is 0.260. The van der Waals surface area contributed by atoms with E-state index in [-0.39, 0.29) is 0 Å². The van der Waals surface area contributed by atoms with Crippen molar-refractivity contribution in [1.29, 1.82) is 0 Å². The van der Waals surface area contributed by atoms with Crippen LogP contribution in [0.4, 0.5) is 0 Å². The van der Waals surface area contributed by atoms with Gasteiger partial charge in [0, 0.05) is 17.2 Å². The third-order valence-electron chi connectivity index (χ3n) is 4.00. The molecule has 0 fully saturated rings. The van der Waals surface area contributed by atoms with Gasteiger partial charge >= 0.3 is 0 Å². The van der Waals surface area contributed by atoms with Crippen molar-refractivity contribution in [3.05, 3.63) is 29.8 Å². The van der Waals surface area contributed by atoms with Crippen molar-refractivity contribution in [2.75, 3.05) is 19.3 Å². The van der Waals surface area contributed by atoms with Crippen molar-refractivity contribution in [2.24, 2.45) is 5.41 Å². The van der Waals surface area contributed by atoms with Gasteiger partial charge in [-0.1, -0.05) is 32.0 Å². The molecule has 0 saturated heterocycles. The van der Waals surface area contributed by atoms with Gasteiger partial charge in [0.25, 0.3) is 0 Å². The molecule has 2 atom stereocenters. The van der Waals surface area contributed by atoms with E-state index in [0.717, 1.165) is 12.5 Å². The van der Waals surface area contributed by atoms with Crippen LogP contribution in [0.2, 0.25) is 0 Å². The first-order valence-electron chi connectivity index (χ1n) is 6.55. The Morgan fingerprint density at radius 1 is 1.41 bits per heavy atom. The summed E-state index contributed by atoms with van der Waals surface area (Å²) >= 11 is 2.02. The molecule has 2 heteroatoms. The second-order valence-electron chi connectivity index (χ2n) is 5.44. The highest BCUT2D eigenvalue weighted by atomic mass is 32.2. The van der Waals surface area contributed by atoms with Crippen LogP contribution in [0, 0.1) is 5.41 Å².